The molecule has 0 bridgehead atoms. The molecule has 68 valence electrons. The van der Waals surface area contributed by atoms with Gasteiger partial charge in [-0.05, 0) is 34.3 Å². The molecule has 0 heterocycles. The van der Waals surface area contributed by atoms with E-state index in [9.17, 15) is 0 Å². The van der Waals surface area contributed by atoms with Gasteiger partial charge in [0, 0.05) is 4.90 Å². The minimum atomic E-state index is 0.483. The van der Waals surface area contributed by atoms with Crippen LogP contribution in [0.25, 0.3) is 0 Å². The Bertz CT molecular complexity index is 364. The lowest BCUT2D eigenvalue weighted by Crippen LogP contribution is -1.85. The van der Waals surface area contributed by atoms with Crippen LogP contribution in [0.1, 0.15) is 0 Å². The van der Waals surface area contributed by atoms with Gasteiger partial charge < -0.3 is 4.74 Å². The number of hydrogen-bond acceptors (Lipinski definition) is 3. The molecule has 2 nitrogen and oxygen atoms in total. The molecular weight excluding hydrogens is 274 g/mol. The molecule has 0 fully saturated rings. The largest absolute Gasteiger partial charge is 0.387 e. The molecule has 1 aromatic carbocycles. The normalized spacial score (nSPS) is 9.38. The minimum absolute atomic E-state index is 0.483. The summed E-state index contributed by atoms with van der Waals surface area (Å²) in [5.74, 6) is 0.483. The van der Waals surface area contributed by atoms with Gasteiger partial charge in [-0.15, -0.1) is 17.0 Å². The lowest BCUT2D eigenvalue weighted by atomic mass is 10.3. The fourth-order valence-electron chi connectivity index (χ4n) is 0.794. The van der Waals surface area contributed by atoms with Crippen LogP contribution in [-0.4, -0.2) is 6.26 Å². The zero-order valence-electron chi connectivity index (χ0n) is 6.67. The van der Waals surface area contributed by atoms with Gasteiger partial charge in [0.1, 0.15) is 0 Å². The second-order valence-electron chi connectivity index (χ2n) is 2.11. The summed E-state index contributed by atoms with van der Waals surface area (Å²) in [5, 5.41) is 8.99. The maximum absolute atomic E-state index is 8.34. The highest BCUT2D eigenvalue weighted by Gasteiger charge is 2.07. The average Bonchev–Trinajstić information content (AvgIpc) is 2.10. The van der Waals surface area contributed by atoms with Gasteiger partial charge in [0.15, 0.2) is 5.75 Å². The van der Waals surface area contributed by atoms with E-state index >= 15 is 0 Å². The number of hydrogen-bond donors (Lipinski definition) is 0. The van der Waals surface area contributed by atoms with Crippen LogP contribution < -0.4 is 4.74 Å². The Balaban J connectivity index is 3.16. The van der Waals surface area contributed by atoms with Gasteiger partial charge in [-0.1, -0.05) is 11.6 Å². The third-order valence-electron chi connectivity index (χ3n) is 1.36. The highest BCUT2D eigenvalue weighted by Crippen LogP contribution is 2.35. The first-order valence-corrected chi connectivity index (χ1v) is 5.67. The molecule has 0 amide bonds. The predicted octanol–water partition coefficient (Wildman–Crippen LogP) is 3.68. The van der Waals surface area contributed by atoms with E-state index in [1.54, 1.807) is 18.4 Å². The molecule has 0 aliphatic heterocycles. The van der Waals surface area contributed by atoms with E-state index in [0.29, 0.717) is 15.2 Å². The molecule has 0 aromatic heterocycles. The van der Waals surface area contributed by atoms with Crippen molar-refractivity contribution in [2.45, 2.75) is 4.90 Å². The number of halogens is 2. The van der Waals surface area contributed by atoms with Crippen LogP contribution in [0.4, 0.5) is 0 Å². The van der Waals surface area contributed by atoms with Crippen LogP contribution in [-0.2, 0) is 0 Å². The lowest BCUT2D eigenvalue weighted by molar-refractivity contribution is 0.502. The second-order valence-corrected chi connectivity index (χ2v) is 4.22. The first-order valence-electron chi connectivity index (χ1n) is 3.28. The molecule has 0 radical (unpaired) electrons. The average molecular weight is 279 g/mol. The van der Waals surface area contributed by atoms with Crippen molar-refractivity contribution >= 4 is 39.3 Å². The first-order chi connectivity index (χ1) is 6.19. The van der Waals surface area contributed by atoms with Crippen LogP contribution in [0.5, 0.6) is 5.75 Å². The van der Waals surface area contributed by atoms with Crippen LogP contribution in [0.15, 0.2) is 21.5 Å². The maximum Gasteiger partial charge on any atom is 0.292 e. The lowest BCUT2D eigenvalue weighted by Gasteiger charge is -2.04. The van der Waals surface area contributed by atoms with Crippen molar-refractivity contribution in [1.29, 1.82) is 5.26 Å². The SMILES string of the molecule is CSc1cc(OC#N)c(Br)cc1Cl. The highest BCUT2D eigenvalue weighted by atomic mass is 79.9. The number of nitrogens with zero attached hydrogens (tertiary/aromatic N) is 1. The molecular formula is C8H5BrClNOS. The van der Waals surface area contributed by atoms with Gasteiger partial charge in [-0.2, -0.15) is 0 Å². The summed E-state index contributed by atoms with van der Waals surface area (Å²) in [6.07, 6.45) is 3.52. The van der Waals surface area contributed by atoms with Crippen molar-refractivity contribution in [2.24, 2.45) is 0 Å². The van der Waals surface area contributed by atoms with Gasteiger partial charge in [-0.25, -0.2) is 0 Å². The number of thioether (sulfide) groups is 1. The summed E-state index contributed by atoms with van der Waals surface area (Å²) in [7, 11) is 0. The highest BCUT2D eigenvalue weighted by molar-refractivity contribution is 9.10. The van der Waals surface area contributed by atoms with Crippen LogP contribution in [0, 0.1) is 11.5 Å². The topological polar surface area (TPSA) is 33.0 Å². The Morgan fingerprint density at radius 1 is 1.62 bits per heavy atom. The second kappa shape index (κ2) is 4.75. The fourth-order valence-corrected chi connectivity index (χ4v) is 2.22. The van der Waals surface area contributed by atoms with E-state index in [0.717, 1.165) is 4.90 Å². The molecule has 0 atom stereocenters. The van der Waals surface area contributed by atoms with E-state index in [1.165, 1.54) is 11.8 Å². The third kappa shape index (κ3) is 2.53. The number of ether oxygens (including phenoxy) is 1. The quantitative estimate of drug-likeness (QED) is 0.611. The Morgan fingerprint density at radius 3 is 2.85 bits per heavy atom. The number of rotatable bonds is 2. The molecule has 1 aromatic rings. The van der Waals surface area contributed by atoms with Crippen LogP contribution in [0.2, 0.25) is 5.02 Å². The molecule has 1 rings (SSSR count). The Kier molecular flexibility index (Phi) is 3.91. The number of nitriles is 1. The van der Waals surface area contributed by atoms with Crippen molar-refractivity contribution in [1.82, 2.24) is 0 Å². The van der Waals surface area contributed by atoms with E-state index in [-0.39, 0.29) is 0 Å². The van der Waals surface area contributed by atoms with Crippen molar-refractivity contribution in [3.05, 3.63) is 21.6 Å². The number of benzene rings is 1. The summed E-state index contributed by atoms with van der Waals surface area (Å²) in [4.78, 5) is 0.884. The Hall–Kier alpha value is -0.370. The molecule has 0 aliphatic carbocycles. The standard InChI is InChI=1S/C8H5BrClNOS/c1-13-8-3-7(12-4-11)5(9)2-6(8)10/h2-3H,1H3. The van der Waals surface area contributed by atoms with Crippen LogP contribution in [0.3, 0.4) is 0 Å². The molecule has 5 heteroatoms. The molecule has 0 saturated carbocycles. The molecule has 0 saturated heterocycles. The van der Waals surface area contributed by atoms with E-state index in [4.69, 9.17) is 21.6 Å². The van der Waals surface area contributed by atoms with Gasteiger partial charge in [0.05, 0.1) is 9.50 Å². The molecule has 13 heavy (non-hydrogen) atoms. The summed E-state index contributed by atoms with van der Waals surface area (Å²) >= 11 is 10.7. The molecule has 0 unspecified atom stereocenters. The van der Waals surface area contributed by atoms with Crippen molar-refractivity contribution in [2.75, 3.05) is 6.26 Å². The van der Waals surface area contributed by atoms with E-state index in [1.807, 2.05) is 6.26 Å². The Morgan fingerprint density at radius 2 is 2.31 bits per heavy atom. The predicted molar refractivity (Wildman–Crippen MR) is 57.2 cm³/mol. The summed E-state index contributed by atoms with van der Waals surface area (Å²) in [6, 6.07) is 3.43. The maximum atomic E-state index is 8.34. The fraction of sp³-hybridized carbons (Fsp3) is 0.125. The summed E-state index contributed by atoms with van der Waals surface area (Å²) in [5.41, 5.74) is 0. The minimum Gasteiger partial charge on any atom is -0.387 e. The summed E-state index contributed by atoms with van der Waals surface area (Å²) < 4.78 is 5.40. The van der Waals surface area contributed by atoms with Gasteiger partial charge in [-0.3, -0.25) is 0 Å². The van der Waals surface area contributed by atoms with Crippen LogP contribution >= 0.6 is 39.3 Å². The van der Waals surface area contributed by atoms with Gasteiger partial charge in [0.25, 0.3) is 6.26 Å². The zero-order chi connectivity index (χ0) is 9.84. The zero-order valence-corrected chi connectivity index (χ0v) is 9.83. The first kappa shape index (κ1) is 10.7. The molecule has 0 aliphatic rings. The molecule has 0 N–H and O–H groups in total. The smallest absolute Gasteiger partial charge is 0.292 e. The summed E-state index contributed by atoms with van der Waals surface area (Å²) in [6.45, 7) is 0. The van der Waals surface area contributed by atoms with Crippen molar-refractivity contribution in [3.63, 3.8) is 0 Å². The van der Waals surface area contributed by atoms with Crippen molar-refractivity contribution in [3.8, 4) is 12.0 Å². The van der Waals surface area contributed by atoms with E-state index < -0.39 is 0 Å². The molecule has 0 spiro atoms. The van der Waals surface area contributed by atoms with E-state index in [2.05, 4.69) is 15.9 Å². The monoisotopic (exact) mass is 277 g/mol. The van der Waals surface area contributed by atoms with Gasteiger partial charge >= 0.3 is 0 Å². The van der Waals surface area contributed by atoms with Gasteiger partial charge in [0.2, 0.25) is 0 Å². The third-order valence-corrected chi connectivity index (χ3v) is 3.18. The Labute approximate surface area is 94.0 Å². The van der Waals surface area contributed by atoms with Crippen molar-refractivity contribution < 1.29 is 4.74 Å².